The van der Waals surface area contributed by atoms with Crippen molar-refractivity contribution in [2.45, 2.75) is 44.6 Å². The van der Waals surface area contributed by atoms with Crippen LogP contribution in [0.15, 0.2) is 22.7 Å². The molecule has 1 aliphatic rings. The first-order chi connectivity index (χ1) is 8.59. The SMILES string of the molecule is CCCC(CN)C1(O)CCc2cc(Br)ccc2C1. The third-order valence-electron chi connectivity index (χ3n) is 4.17. The third-order valence-corrected chi connectivity index (χ3v) is 4.67. The van der Waals surface area contributed by atoms with Gasteiger partial charge in [0.1, 0.15) is 0 Å². The summed E-state index contributed by atoms with van der Waals surface area (Å²) in [6, 6.07) is 6.36. The summed E-state index contributed by atoms with van der Waals surface area (Å²) in [6.07, 6.45) is 4.62. The minimum absolute atomic E-state index is 0.222. The molecular weight excluding hydrogens is 290 g/mol. The van der Waals surface area contributed by atoms with Crippen LogP contribution in [0.1, 0.15) is 37.3 Å². The fourth-order valence-electron chi connectivity index (χ4n) is 3.07. The molecule has 100 valence electrons. The van der Waals surface area contributed by atoms with Gasteiger partial charge in [-0.3, -0.25) is 0 Å². The Hall–Kier alpha value is -0.380. The maximum absolute atomic E-state index is 10.9. The average Bonchev–Trinajstić information content (AvgIpc) is 2.36. The first-order valence-electron chi connectivity index (χ1n) is 6.79. The van der Waals surface area contributed by atoms with Crippen LogP contribution in [-0.2, 0) is 12.8 Å². The summed E-state index contributed by atoms with van der Waals surface area (Å²) in [5.74, 6) is 0.222. The van der Waals surface area contributed by atoms with Crippen LogP contribution in [-0.4, -0.2) is 17.3 Å². The molecule has 1 aromatic rings. The van der Waals surface area contributed by atoms with Crippen molar-refractivity contribution in [2.24, 2.45) is 11.7 Å². The quantitative estimate of drug-likeness (QED) is 0.897. The Morgan fingerprint density at radius 1 is 1.44 bits per heavy atom. The molecule has 0 saturated carbocycles. The maximum Gasteiger partial charge on any atom is 0.0731 e. The summed E-state index contributed by atoms with van der Waals surface area (Å²) in [6.45, 7) is 2.73. The number of fused-ring (bicyclic) bond motifs is 1. The Bertz CT molecular complexity index is 421. The van der Waals surface area contributed by atoms with Crippen molar-refractivity contribution in [2.75, 3.05) is 6.54 Å². The second-order valence-corrected chi connectivity index (χ2v) is 6.33. The standard InChI is InChI=1S/C15H22BrNO/c1-2-3-13(10-17)15(18)7-6-11-8-14(16)5-4-12(11)9-15/h4-5,8,13,18H,2-3,6-7,9-10,17H2,1H3. The highest BCUT2D eigenvalue weighted by atomic mass is 79.9. The van der Waals surface area contributed by atoms with Crippen molar-refractivity contribution < 1.29 is 5.11 Å². The molecule has 1 aliphatic carbocycles. The van der Waals surface area contributed by atoms with Gasteiger partial charge in [-0.2, -0.15) is 0 Å². The largest absolute Gasteiger partial charge is 0.389 e. The first-order valence-corrected chi connectivity index (χ1v) is 7.58. The van der Waals surface area contributed by atoms with Gasteiger partial charge in [0.05, 0.1) is 5.60 Å². The molecule has 0 saturated heterocycles. The highest BCUT2D eigenvalue weighted by Gasteiger charge is 2.38. The van der Waals surface area contributed by atoms with E-state index >= 15 is 0 Å². The van der Waals surface area contributed by atoms with Crippen molar-refractivity contribution >= 4 is 15.9 Å². The highest BCUT2D eigenvalue weighted by molar-refractivity contribution is 9.10. The first kappa shape index (κ1) is 14.0. The molecule has 0 radical (unpaired) electrons. The van der Waals surface area contributed by atoms with E-state index in [0.717, 1.165) is 36.6 Å². The number of rotatable bonds is 4. The fraction of sp³-hybridized carbons (Fsp3) is 0.600. The van der Waals surface area contributed by atoms with E-state index in [4.69, 9.17) is 5.73 Å². The fourth-order valence-corrected chi connectivity index (χ4v) is 3.48. The lowest BCUT2D eigenvalue weighted by atomic mass is 9.72. The van der Waals surface area contributed by atoms with E-state index in [2.05, 4.69) is 41.1 Å². The van der Waals surface area contributed by atoms with E-state index in [1.54, 1.807) is 0 Å². The average molecular weight is 312 g/mol. The molecule has 0 aromatic heterocycles. The number of halogens is 1. The molecule has 18 heavy (non-hydrogen) atoms. The Balaban J connectivity index is 2.21. The van der Waals surface area contributed by atoms with Crippen LogP contribution in [0.25, 0.3) is 0 Å². The van der Waals surface area contributed by atoms with E-state index in [9.17, 15) is 5.11 Å². The molecule has 0 heterocycles. The molecule has 2 unspecified atom stereocenters. The van der Waals surface area contributed by atoms with Gasteiger partial charge < -0.3 is 10.8 Å². The van der Waals surface area contributed by atoms with Crippen LogP contribution in [0.4, 0.5) is 0 Å². The zero-order valence-electron chi connectivity index (χ0n) is 11.0. The summed E-state index contributed by atoms with van der Waals surface area (Å²) in [7, 11) is 0. The molecule has 0 amide bonds. The molecule has 1 aromatic carbocycles. The van der Waals surface area contributed by atoms with Gasteiger partial charge in [0.25, 0.3) is 0 Å². The molecule has 0 bridgehead atoms. The lowest BCUT2D eigenvalue weighted by Crippen LogP contribution is -2.46. The van der Waals surface area contributed by atoms with E-state index in [1.165, 1.54) is 11.1 Å². The minimum atomic E-state index is -0.606. The van der Waals surface area contributed by atoms with Gasteiger partial charge in [0.15, 0.2) is 0 Å². The summed E-state index contributed by atoms with van der Waals surface area (Å²) in [4.78, 5) is 0. The van der Waals surface area contributed by atoms with Crippen molar-refractivity contribution in [1.82, 2.24) is 0 Å². The van der Waals surface area contributed by atoms with Crippen molar-refractivity contribution in [3.05, 3.63) is 33.8 Å². The van der Waals surface area contributed by atoms with Crippen molar-refractivity contribution in [3.8, 4) is 0 Å². The number of hydrogen-bond acceptors (Lipinski definition) is 2. The van der Waals surface area contributed by atoms with E-state index in [0.29, 0.717) is 6.54 Å². The van der Waals surface area contributed by atoms with Gasteiger partial charge >= 0.3 is 0 Å². The molecule has 0 aliphatic heterocycles. The van der Waals surface area contributed by atoms with Gasteiger partial charge in [-0.25, -0.2) is 0 Å². The third kappa shape index (κ3) is 2.79. The summed E-state index contributed by atoms with van der Waals surface area (Å²) in [5.41, 5.74) is 7.89. The van der Waals surface area contributed by atoms with E-state index in [-0.39, 0.29) is 5.92 Å². The topological polar surface area (TPSA) is 46.2 Å². The Kier molecular flexibility index (Phi) is 4.46. The predicted molar refractivity (Wildman–Crippen MR) is 78.6 cm³/mol. The molecule has 2 nitrogen and oxygen atoms in total. The predicted octanol–water partition coefficient (Wildman–Crippen LogP) is 3.04. The van der Waals surface area contributed by atoms with Gasteiger partial charge in [-0.1, -0.05) is 35.3 Å². The molecule has 3 heteroatoms. The van der Waals surface area contributed by atoms with E-state index in [1.807, 2.05) is 0 Å². The summed E-state index contributed by atoms with van der Waals surface area (Å²) >= 11 is 3.50. The number of hydrogen-bond donors (Lipinski definition) is 2. The number of aryl methyl sites for hydroxylation is 1. The van der Waals surface area contributed by atoms with Crippen LogP contribution < -0.4 is 5.73 Å². The molecule has 0 fully saturated rings. The second kappa shape index (κ2) is 5.72. The van der Waals surface area contributed by atoms with Crippen LogP contribution in [0.5, 0.6) is 0 Å². The van der Waals surface area contributed by atoms with Crippen LogP contribution >= 0.6 is 15.9 Å². The lowest BCUT2D eigenvalue weighted by Gasteiger charge is -2.39. The maximum atomic E-state index is 10.9. The minimum Gasteiger partial charge on any atom is -0.389 e. The lowest BCUT2D eigenvalue weighted by molar-refractivity contribution is -0.0307. The van der Waals surface area contributed by atoms with Crippen LogP contribution in [0, 0.1) is 5.92 Å². The molecule has 3 N–H and O–H groups in total. The van der Waals surface area contributed by atoms with Crippen LogP contribution in [0.3, 0.4) is 0 Å². The summed E-state index contributed by atoms with van der Waals surface area (Å²) in [5, 5.41) is 10.9. The molecule has 2 rings (SSSR count). The molecule has 0 spiro atoms. The Labute approximate surface area is 118 Å². The molecule has 2 atom stereocenters. The smallest absolute Gasteiger partial charge is 0.0731 e. The monoisotopic (exact) mass is 311 g/mol. The van der Waals surface area contributed by atoms with Crippen LogP contribution in [0.2, 0.25) is 0 Å². The van der Waals surface area contributed by atoms with Gasteiger partial charge in [0.2, 0.25) is 0 Å². The Morgan fingerprint density at radius 2 is 2.22 bits per heavy atom. The van der Waals surface area contributed by atoms with Gasteiger partial charge in [0, 0.05) is 16.8 Å². The summed E-state index contributed by atoms with van der Waals surface area (Å²) < 4.78 is 1.12. The van der Waals surface area contributed by atoms with Crippen molar-refractivity contribution in [3.63, 3.8) is 0 Å². The molecular formula is C15H22BrNO. The van der Waals surface area contributed by atoms with Gasteiger partial charge in [-0.15, -0.1) is 0 Å². The number of aliphatic hydroxyl groups is 1. The second-order valence-electron chi connectivity index (χ2n) is 5.41. The zero-order chi connectivity index (χ0) is 13.2. The normalized spacial score (nSPS) is 24.7. The highest BCUT2D eigenvalue weighted by Crippen LogP contribution is 2.36. The van der Waals surface area contributed by atoms with Gasteiger partial charge in [-0.05, 0) is 49.1 Å². The Morgan fingerprint density at radius 3 is 2.89 bits per heavy atom. The van der Waals surface area contributed by atoms with Crippen molar-refractivity contribution in [1.29, 1.82) is 0 Å². The zero-order valence-corrected chi connectivity index (χ0v) is 12.5. The number of benzene rings is 1. The van der Waals surface area contributed by atoms with E-state index < -0.39 is 5.60 Å². The number of nitrogens with two attached hydrogens (primary N) is 1.